The Kier molecular flexibility index (Phi) is 4.85. The van der Waals surface area contributed by atoms with Crippen LogP contribution in [0.25, 0.3) is 10.9 Å². The van der Waals surface area contributed by atoms with Gasteiger partial charge in [0.2, 0.25) is 5.91 Å². The highest BCUT2D eigenvalue weighted by Gasteiger charge is 2.07. The van der Waals surface area contributed by atoms with E-state index in [1.165, 1.54) is 11.1 Å². The summed E-state index contributed by atoms with van der Waals surface area (Å²) >= 11 is 0. The Hall–Kier alpha value is -2.75. The average Bonchev–Trinajstić information content (AvgIpc) is 2.97. The average molecular weight is 322 g/mol. The van der Waals surface area contributed by atoms with Crippen molar-refractivity contribution in [1.29, 1.82) is 0 Å². The van der Waals surface area contributed by atoms with Crippen molar-refractivity contribution in [2.45, 2.75) is 19.8 Å². The van der Waals surface area contributed by atoms with Crippen molar-refractivity contribution < 1.29 is 9.53 Å². The Morgan fingerprint density at radius 3 is 2.88 bits per heavy atom. The summed E-state index contributed by atoms with van der Waals surface area (Å²) in [6.45, 7) is 2.65. The van der Waals surface area contributed by atoms with Crippen molar-refractivity contribution in [3.05, 3.63) is 65.4 Å². The van der Waals surface area contributed by atoms with Crippen LogP contribution in [0, 0.1) is 6.92 Å². The van der Waals surface area contributed by atoms with E-state index in [1.807, 2.05) is 55.6 Å². The maximum absolute atomic E-state index is 12.1. The van der Waals surface area contributed by atoms with Gasteiger partial charge in [-0.1, -0.05) is 29.8 Å². The molecule has 0 saturated heterocycles. The molecule has 24 heavy (non-hydrogen) atoms. The highest BCUT2D eigenvalue weighted by Crippen LogP contribution is 2.23. The number of fused-ring (bicyclic) bond motifs is 1. The Bertz CT molecular complexity index is 852. The number of amides is 1. The summed E-state index contributed by atoms with van der Waals surface area (Å²) in [5.41, 5.74) is 4.48. The van der Waals surface area contributed by atoms with E-state index >= 15 is 0 Å². The molecule has 0 fully saturated rings. The van der Waals surface area contributed by atoms with Crippen LogP contribution in [0.4, 0.5) is 0 Å². The molecule has 2 aromatic carbocycles. The number of H-pyrrole nitrogens is 1. The molecule has 0 aliphatic heterocycles. The molecule has 4 nitrogen and oxygen atoms in total. The van der Waals surface area contributed by atoms with Crippen LogP contribution in [-0.2, 0) is 17.6 Å². The van der Waals surface area contributed by atoms with Gasteiger partial charge in [0.1, 0.15) is 5.75 Å². The van der Waals surface area contributed by atoms with E-state index in [4.69, 9.17) is 4.74 Å². The molecule has 0 saturated carbocycles. The molecule has 0 aliphatic carbocycles. The third-order valence-electron chi connectivity index (χ3n) is 4.14. The van der Waals surface area contributed by atoms with Crippen molar-refractivity contribution in [2.75, 3.05) is 13.7 Å². The zero-order valence-corrected chi connectivity index (χ0v) is 14.1. The quantitative estimate of drug-likeness (QED) is 0.731. The number of methoxy groups -OCH3 is 1. The van der Waals surface area contributed by atoms with Crippen LogP contribution in [0.3, 0.4) is 0 Å². The van der Waals surface area contributed by atoms with Gasteiger partial charge in [0.15, 0.2) is 0 Å². The van der Waals surface area contributed by atoms with Gasteiger partial charge in [-0.15, -0.1) is 0 Å². The molecule has 0 bridgehead atoms. The third-order valence-corrected chi connectivity index (χ3v) is 4.14. The minimum Gasteiger partial charge on any atom is -0.497 e. The largest absolute Gasteiger partial charge is 0.497 e. The molecule has 3 aromatic rings. The van der Waals surface area contributed by atoms with Gasteiger partial charge in [0.05, 0.1) is 13.5 Å². The molecular weight excluding hydrogens is 300 g/mol. The van der Waals surface area contributed by atoms with Crippen LogP contribution in [0.1, 0.15) is 16.7 Å². The number of rotatable bonds is 6. The number of hydrogen-bond acceptors (Lipinski definition) is 2. The van der Waals surface area contributed by atoms with Gasteiger partial charge < -0.3 is 15.0 Å². The summed E-state index contributed by atoms with van der Waals surface area (Å²) in [5, 5.41) is 4.14. The number of aryl methyl sites for hydroxylation is 1. The summed E-state index contributed by atoms with van der Waals surface area (Å²) in [6.07, 6.45) is 3.20. The smallest absolute Gasteiger partial charge is 0.224 e. The van der Waals surface area contributed by atoms with Gasteiger partial charge in [0, 0.05) is 23.6 Å². The fraction of sp³-hybridized carbons (Fsp3) is 0.250. The monoisotopic (exact) mass is 322 g/mol. The van der Waals surface area contributed by atoms with E-state index in [9.17, 15) is 4.79 Å². The number of hydrogen-bond donors (Lipinski definition) is 2. The van der Waals surface area contributed by atoms with Gasteiger partial charge in [0.25, 0.3) is 0 Å². The number of ether oxygens (including phenoxy) is 1. The summed E-state index contributed by atoms with van der Waals surface area (Å²) < 4.78 is 5.28. The standard InChI is InChI=1S/C20H22N2O2/c1-14-4-3-5-15(10-14)11-20(23)21-9-8-16-13-22-19-7-6-17(24-2)12-18(16)19/h3-7,10,12-13,22H,8-9,11H2,1-2H3,(H,21,23). The molecule has 0 atom stereocenters. The topological polar surface area (TPSA) is 54.1 Å². The Balaban J connectivity index is 1.57. The van der Waals surface area contributed by atoms with E-state index in [-0.39, 0.29) is 5.91 Å². The molecule has 0 unspecified atom stereocenters. The van der Waals surface area contributed by atoms with Gasteiger partial charge in [-0.2, -0.15) is 0 Å². The normalized spacial score (nSPS) is 10.8. The van der Waals surface area contributed by atoms with Crippen LogP contribution in [0.2, 0.25) is 0 Å². The number of aromatic amines is 1. The molecule has 1 aromatic heterocycles. The minimum absolute atomic E-state index is 0.0537. The molecule has 1 amide bonds. The summed E-state index contributed by atoms with van der Waals surface area (Å²) in [7, 11) is 1.67. The number of nitrogens with one attached hydrogen (secondary N) is 2. The summed E-state index contributed by atoms with van der Waals surface area (Å²) in [5.74, 6) is 0.893. The van der Waals surface area contributed by atoms with E-state index in [0.29, 0.717) is 13.0 Å². The number of carbonyl (C=O) groups is 1. The van der Waals surface area contributed by atoms with Crippen molar-refractivity contribution in [2.24, 2.45) is 0 Å². The van der Waals surface area contributed by atoms with E-state index in [2.05, 4.69) is 10.3 Å². The lowest BCUT2D eigenvalue weighted by Gasteiger charge is -2.06. The maximum atomic E-state index is 12.1. The maximum Gasteiger partial charge on any atom is 0.224 e. The van der Waals surface area contributed by atoms with Gasteiger partial charge in [-0.25, -0.2) is 0 Å². The van der Waals surface area contributed by atoms with Crippen LogP contribution < -0.4 is 10.1 Å². The van der Waals surface area contributed by atoms with Crippen LogP contribution in [-0.4, -0.2) is 24.5 Å². The lowest BCUT2D eigenvalue weighted by molar-refractivity contribution is -0.120. The zero-order valence-electron chi connectivity index (χ0n) is 14.1. The first-order valence-electron chi connectivity index (χ1n) is 8.12. The Labute approximate surface area is 141 Å². The first-order valence-corrected chi connectivity index (χ1v) is 8.12. The predicted octanol–water partition coefficient (Wildman–Crippen LogP) is 3.39. The SMILES string of the molecule is COc1ccc2[nH]cc(CCNC(=O)Cc3cccc(C)c3)c2c1. The van der Waals surface area contributed by atoms with Gasteiger partial charge in [-0.05, 0) is 42.7 Å². The van der Waals surface area contributed by atoms with Gasteiger partial charge in [-0.3, -0.25) is 4.79 Å². The highest BCUT2D eigenvalue weighted by atomic mass is 16.5. The Morgan fingerprint density at radius 2 is 2.08 bits per heavy atom. The van der Waals surface area contributed by atoms with Crippen molar-refractivity contribution in [1.82, 2.24) is 10.3 Å². The zero-order chi connectivity index (χ0) is 16.9. The van der Waals surface area contributed by atoms with Crippen LogP contribution in [0.5, 0.6) is 5.75 Å². The first kappa shape index (κ1) is 16.1. The van der Waals surface area contributed by atoms with Crippen LogP contribution >= 0.6 is 0 Å². The first-order chi connectivity index (χ1) is 11.7. The van der Waals surface area contributed by atoms with Crippen molar-refractivity contribution in [3.8, 4) is 5.75 Å². The fourth-order valence-corrected chi connectivity index (χ4v) is 2.90. The highest BCUT2D eigenvalue weighted by molar-refractivity contribution is 5.84. The molecular formula is C20H22N2O2. The number of carbonyl (C=O) groups excluding carboxylic acids is 1. The minimum atomic E-state index is 0.0537. The molecule has 1 heterocycles. The van der Waals surface area contributed by atoms with Gasteiger partial charge >= 0.3 is 0 Å². The molecule has 0 spiro atoms. The molecule has 3 rings (SSSR count). The number of aromatic nitrogens is 1. The van der Waals surface area contributed by atoms with E-state index in [0.717, 1.165) is 28.6 Å². The second-order valence-electron chi connectivity index (χ2n) is 5.99. The summed E-state index contributed by atoms with van der Waals surface area (Å²) in [4.78, 5) is 15.3. The van der Waals surface area contributed by atoms with Crippen LogP contribution in [0.15, 0.2) is 48.7 Å². The fourth-order valence-electron chi connectivity index (χ4n) is 2.90. The third kappa shape index (κ3) is 3.77. The van der Waals surface area contributed by atoms with Crippen molar-refractivity contribution in [3.63, 3.8) is 0 Å². The molecule has 0 radical (unpaired) electrons. The Morgan fingerprint density at radius 1 is 1.21 bits per heavy atom. The molecule has 124 valence electrons. The molecule has 4 heteroatoms. The van der Waals surface area contributed by atoms with E-state index < -0.39 is 0 Å². The molecule has 2 N–H and O–H groups in total. The second kappa shape index (κ2) is 7.21. The van der Waals surface area contributed by atoms with E-state index in [1.54, 1.807) is 7.11 Å². The number of benzene rings is 2. The molecule has 0 aliphatic rings. The second-order valence-corrected chi connectivity index (χ2v) is 5.99. The lowest BCUT2D eigenvalue weighted by Crippen LogP contribution is -2.27. The van der Waals surface area contributed by atoms with Crippen molar-refractivity contribution >= 4 is 16.8 Å². The summed E-state index contributed by atoms with van der Waals surface area (Å²) in [6, 6.07) is 14.0. The lowest BCUT2D eigenvalue weighted by atomic mass is 10.1. The predicted molar refractivity (Wildman–Crippen MR) is 96.4 cm³/mol.